The number of anilines is 1. The van der Waals surface area contributed by atoms with Crippen LogP contribution in [0.15, 0.2) is 48.5 Å². The Bertz CT molecular complexity index is 772. The standard InChI is InChI=1S/C19H19NO5/c1-24-14-3-2-4-15(11-14)25-13-7-5-12(6-8-13)20-18(21)16-9-10-17(16)19(22)23/h2-8,11,16-17H,9-10H2,1H3,(H,20,21)(H,22,23). The van der Waals surface area contributed by atoms with Crippen molar-refractivity contribution >= 4 is 17.6 Å². The first-order chi connectivity index (χ1) is 12.1. The summed E-state index contributed by atoms with van der Waals surface area (Å²) in [7, 11) is 1.59. The number of carboxylic acid groups (broad SMARTS) is 1. The van der Waals surface area contributed by atoms with Crippen molar-refractivity contribution in [2.24, 2.45) is 11.8 Å². The molecule has 0 heterocycles. The highest BCUT2D eigenvalue weighted by molar-refractivity contribution is 5.96. The summed E-state index contributed by atoms with van der Waals surface area (Å²) in [4.78, 5) is 23.1. The molecule has 0 aromatic heterocycles. The third kappa shape index (κ3) is 3.91. The van der Waals surface area contributed by atoms with Crippen LogP contribution in [-0.2, 0) is 9.59 Å². The van der Waals surface area contributed by atoms with Gasteiger partial charge in [0, 0.05) is 11.8 Å². The molecule has 0 spiro atoms. The van der Waals surface area contributed by atoms with Crippen molar-refractivity contribution in [2.45, 2.75) is 12.8 Å². The molecule has 0 saturated heterocycles. The fourth-order valence-electron chi connectivity index (χ4n) is 2.75. The number of aliphatic carboxylic acids is 1. The molecule has 1 amide bonds. The number of hydrogen-bond acceptors (Lipinski definition) is 4. The van der Waals surface area contributed by atoms with Gasteiger partial charge in [-0.1, -0.05) is 6.07 Å². The maximum atomic E-state index is 12.1. The highest BCUT2D eigenvalue weighted by atomic mass is 16.5. The first kappa shape index (κ1) is 16.8. The zero-order valence-electron chi connectivity index (χ0n) is 13.8. The molecule has 0 aliphatic heterocycles. The predicted molar refractivity (Wildman–Crippen MR) is 92.0 cm³/mol. The minimum Gasteiger partial charge on any atom is -0.497 e. The molecule has 2 aromatic carbocycles. The van der Waals surface area contributed by atoms with Crippen LogP contribution in [-0.4, -0.2) is 24.1 Å². The van der Waals surface area contributed by atoms with Crippen LogP contribution in [0.25, 0.3) is 0 Å². The maximum Gasteiger partial charge on any atom is 0.307 e. The molecule has 6 nitrogen and oxygen atoms in total. The van der Waals surface area contributed by atoms with Crippen molar-refractivity contribution in [3.63, 3.8) is 0 Å². The largest absolute Gasteiger partial charge is 0.497 e. The summed E-state index contributed by atoms with van der Waals surface area (Å²) in [6, 6.07) is 14.2. The second kappa shape index (κ2) is 7.25. The van der Waals surface area contributed by atoms with Gasteiger partial charge in [-0.15, -0.1) is 0 Å². The lowest BCUT2D eigenvalue weighted by Gasteiger charge is -2.31. The van der Waals surface area contributed by atoms with Gasteiger partial charge in [0.1, 0.15) is 17.2 Å². The predicted octanol–water partition coefficient (Wildman–Crippen LogP) is 3.54. The summed E-state index contributed by atoms with van der Waals surface area (Å²) >= 11 is 0. The Labute approximate surface area is 145 Å². The average Bonchev–Trinajstić information content (AvgIpc) is 2.55. The summed E-state index contributed by atoms with van der Waals surface area (Å²) in [5.74, 6) is -0.211. The van der Waals surface area contributed by atoms with Crippen molar-refractivity contribution in [3.8, 4) is 17.2 Å². The Morgan fingerprint density at radius 3 is 2.28 bits per heavy atom. The molecular formula is C19H19NO5. The number of hydrogen-bond donors (Lipinski definition) is 2. The van der Waals surface area contributed by atoms with Gasteiger partial charge in [0.05, 0.1) is 18.9 Å². The maximum absolute atomic E-state index is 12.1. The van der Waals surface area contributed by atoms with E-state index < -0.39 is 17.8 Å². The van der Waals surface area contributed by atoms with Crippen molar-refractivity contribution in [2.75, 3.05) is 12.4 Å². The van der Waals surface area contributed by atoms with E-state index in [9.17, 15) is 9.59 Å². The van der Waals surface area contributed by atoms with Crippen molar-refractivity contribution in [1.29, 1.82) is 0 Å². The van der Waals surface area contributed by atoms with Crippen LogP contribution in [0.4, 0.5) is 5.69 Å². The number of benzene rings is 2. The third-order valence-electron chi connectivity index (χ3n) is 4.33. The van der Waals surface area contributed by atoms with Gasteiger partial charge < -0.3 is 19.9 Å². The molecule has 6 heteroatoms. The molecule has 1 aliphatic rings. The van der Waals surface area contributed by atoms with Crippen LogP contribution in [0, 0.1) is 11.8 Å². The topological polar surface area (TPSA) is 84.9 Å². The van der Waals surface area contributed by atoms with Crippen molar-refractivity contribution in [3.05, 3.63) is 48.5 Å². The second-order valence-electron chi connectivity index (χ2n) is 5.92. The Balaban J connectivity index is 1.60. The van der Waals surface area contributed by atoms with Crippen LogP contribution >= 0.6 is 0 Å². The first-order valence-corrected chi connectivity index (χ1v) is 8.02. The van der Waals surface area contributed by atoms with E-state index in [1.807, 2.05) is 18.2 Å². The van der Waals surface area contributed by atoms with Gasteiger partial charge in [-0.2, -0.15) is 0 Å². The zero-order valence-corrected chi connectivity index (χ0v) is 13.8. The lowest BCUT2D eigenvalue weighted by Crippen LogP contribution is -2.41. The summed E-state index contributed by atoms with van der Waals surface area (Å²) in [5.41, 5.74) is 0.610. The molecule has 1 fully saturated rings. The lowest BCUT2D eigenvalue weighted by molar-refractivity contribution is -0.151. The van der Waals surface area contributed by atoms with Crippen molar-refractivity contribution in [1.82, 2.24) is 0 Å². The molecule has 2 aromatic rings. The second-order valence-corrected chi connectivity index (χ2v) is 5.92. The molecule has 2 unspecified atom stereocenters. The van der Waals surface area contributed by atoms with Gasteiger partial charge in [-0.25, -0.2) is 0 Å². The molecule has 130 valence electrons. The zero-order chi connectivity index (χ0) is 17.8. The number of amides is 1. The Hall–Kier alpha value is -3.02. The third-order valence-corrected chi connectivity index (χ3v) is 4.33. The number of rotatable bonds is 6. The van der Waals surface area contributed by atoms with E-state index in [0.29, 0.717) is 35.8 Å². The molecular weight excluding hydrogens is 322 g/mol. The summed E-state index contributed by atoms with van der Waals surface area (Å²) in [6.07, 6.45) is 1.17. The molecule has 1 aliphatic carbocycles. The van der Waals surface area contributed by atoms with E-state index in [1.54, 1.807) is 37.4 Å². The fraction of sp³-hybridized carbons (Fsp3) is 0.263. The highest BCUT2D eigenvalue weighted by Crippen LogP contribution is 2.35. The van der Waals surface area contributed by atoms with Gasteiger partial charge in [0.2, 0.25) is 5.91 Å². The summed E-state index contributed by atoms with van der Waals surface area (Å²) < 4.78 is 10.9. The lowest BCUT2D eigenvalue weighted by atomic mass is 9.73. The van der Waals surface area contributed by atoms with Crippen LogP contribution in [0.1, 0.15) is 12.8 Å². The van der Waals surface area contributed by atoms with Gasteiger partial charge in [0.15, 0.2) is 0 Å². The molecule has 25 heavy (non-hydrogen) atoms. The van der Waals surface area contributed by atoms with Crippen LogP contribution < -0.4 is 14.8 Å². The molecule has 3 rings (SSSR count). The number of methoxy groups -OCH3 is 1. The van der Waals surface area contributed by atoms with Gasteiger partial charge in [-0.3, -0.25) is 9.59 Å². The fourth-order valence-corrected chi connectivity index (χ4v) is 2.75. The van der Waals surface area contributed by atoms with Gasteiger partial charge in [0.25, 0.3) is 0 Å². The van der Waals surface area contributed by atoms with Crippen LogP contribution in [0.2, 0.25) is 0 Å². The van der Waals surface area contributed by atoms with E-state index in [2.05, 4.69) is 5.32 Å². The van der Waals surface area contributed by atoms with Crippen molar-refractivity contribution < 1.29 is 24.2 Å². The molecule has 2 atom stereocenters. The summed E-state index contributed by atoms with van der Waals surface area (Å²) in [5, 5.41) is 11.8. The highest BCUT2D eigenvalue weighted by Gasteiger charge is 2.41. The monoisotopic (exact) mass is 341 g/mol. The Morgan fingerprint density at radius 1 is 1.00 bits per heavy atom. The minimum atomic E-state index is -0.909. The molecule has 0 radical (unpaired) electrons. The average molecular weight is 341 g/mol. The number of ether oxygens (including phenoxy) is 2. The molecule has 2 N–H and O–H groups in total. The van der Waals surface area contributed by atoms with E-state index >= 15 is 0 Å². The van der Waals surface area contributed by atoms with E-state index in [4.69, 9.17) is 14.6 Å². The molecule has 0 bridgehead atoms. The quantitative estimate of drug-likeness (QED) is 0.839. The van der Waals surface area contributed by atoms with Crippen LogP contribution in [0.5, 0.6) is 17.2 Å². The van der Waals surface area contributed by atoms with E-state index in [-0.39, 0.29) is 5.91 Å². The molecule has 1 saturated carbocycles. The van der Waals surface area contributed by atoms with Crippen LogP contribution in [0.3, 0.4) is 0 Å². The van der Waals surface area contributed by atoms with E-state index in [0.717, 1.165) is 0 Å². The van der Waals surface area contributed by atoms with Gasteiger partial charge in [-0.05, 0) is 49.2 Å². The SMILES string of the molecule is COc1cccc(Oc2ccc(NC(=O)C3CCC3C(=O)O)cc2)c1. The number of nitrogens with one attached hydrogen (secondary N) is 1. The number of carbonyl (C=O) groups excluding carboxylic acids is 1. The van der Waals surface area contributed by atoms with E-state index in [1.165, 1.54) is 0 Å². The Kier molecular flexibility index (Phi) is 4.88. The number of carbonyl (C=O) groups is 2. The van der Waals surface area contributed by atoms with Gasteiger partial charge >= 0.3 is 5.97 Å². The first-order valence-electron chi connectivity index (χ1n) is 8.02. The normalized spacial score (nSPS) is 18.8. The Morgan fingerprint density at radius 2 is 1.68 bits per heavy atom. The minimum absolute atomic E-state index is 0.250. The number of carboxylic acids is 1. The smallest absolute Gasteiger partial charge is 0.307 e. The summed E-state index contributed by atoms with van der Waals surface area (Å²) in [6.45, 7) is 0.